The molecular formula is C29H32N6O2. The van der Waals surface area contributed by atoms with E-state index in [1.54, 1.807) is 0 Å². The van der Waals surface area contributed by atoms with E-state index in [1.807, 2.05) is 52.4 Å². The van der Waals surface area contributed by atoms with E-state index in [0.717, 1.165) is 66.5 Å². The molecule has 6 rings (SSSR count). The molecular weight excluding hydrogens is 464 g/mol. The summed E-state index contributed by atoms with van der Waals surface area (Å²) in [7, 11) is 0. The van der Waals surface area contributed by atoms with E-state index >= 15 is 0 Å². The van der Waals surface area contributed by atoms with Crippen LogP contribution in [-0.4, -0.2) is 58.3 Å². The van der Waals surface area contributed by atoms with Gasteiger partial charge in [0.05, 0.1) is 6.04 Å². The molecule has 4 aromatic rings. The van der Waals surface area contributed by atoms with Crippen molar-refractivity contribution < 1.29 is 9.32 Å². The van der Waals surface area contributed by atoms with Crippen molar-refractivity contribution in [3.05, 3.63) is 72.2 Å². The second-order valence-corrected chi connectivity index (χ2v) is 10.0. The quantitative estimate of drug-likeness (QED) is 0.420. The number of amides is 2. The Balaban J connectivity index is 1.23. The molecule has 2 saturated heterocycles. The number of urea groups is 1. The van der Waals surface area contributed by atoms with Crippen molar-refractivity contribution in [2.45, 2.75) is 44.6 Å². The number of hydrogen-bond donors (Lipinski definition) is 1. The molecule has 0 bridgehead atoms. The third-order valence-corrected chi connectivity index (χ3v) is 7.64. The first-order valence-electron chi connectivity index (χ1n) is 13.2. The minimum atomic E-state index is 0.0332. The monoisotopic (exact) mass is 496 g/mol. The number of aryl methyl sites for hydroxylation is 1. The zero-order chi connectivity index (χ0) is 25.2. The number of nitrogens with one attached hydrogen (secondary N) is 1. The van der Waals surface area contributed by atoms with Gasteiger partial charge in [-0.1, -0.05) is 53.7 Å². The summed E-state index contributed by atoms with van der Waals surface area (Å²) in [6.07, 6.45) is 5.41. The molecule has 190 valence electrons. The number of pyridine rings is 1. The van der Waals surface area contributed by atoms with Crippen LogP contribution in [0.1, 0.15) is 43.1 Å². The summed E-state index contributed by atoms with van der Waals surface area (Å²) in [5, 5.41) is 9.84. The first-order chi connectivity index (χ1) is 18.2. The van der Waals surface area contributed by atoms with Crippen LogP contribution in [0.4, 0.5) is 10.6 Å². The van der Waals surface area contributed by atoms with Crippen molar-refractivity contribution in [2.75, 3.05) is 31.1 Å². The van der Waals surface area contributed by atoms with E-state index in [-0.39, 0.29) is 18.0 Å². The molecule has 4 heterocycles. The van der Waals surface area contributed by atoms with Gasteiger partial charge in [0.15, 0.2) is 0 Å². The van der Waals surface area contributed by atoms with E-state index in [0.29, 0.717) is 24.8 Å². The average Bonchev–Trinajstić information content (AvgIpc) is 3.45. The Morgan fingerprint density at radius 2 is 1.89 bits per heavy atom. The molecule has 0 aliphatic carbocycles. The fourth-order valence-electron chi connectivity index (χ4n) is 5.62. The summed E-state index contributed by atoms with van der Waals surface area (Å²) in [5.74, 6) is 2.19. The molecule has 2 fully saturated rings. The van der Waals surface area contributed by atoms with E-state index < -0.39 is 0 Å². The van der Waals surface area contributed by atoms with Crippen molar-refractivity contribution in [1.29, 1.82) is 0 Å². The molecule has 0 radical (unpaired) electrons. The van der Waals surface area contributed by atoms with Gasteiger partial charge in [-0.2, -0.15) is 4.98 Å². The number of hydrogen-bond acceptors (Lipinski definition) is 6. The van der Waals surface area contributed by atoms with Gasteiger partial charge < -0.3 is 14.7 Å². The maximum atomic E-state index is 14.1. The van der Waals surface area contributed by atoms with Crippen molar-refractivity contribution in [1.82, 2.24) is 25.3 Å². The van der Waals surface area contributed by atoms with E-state index in [4.69, 9.17) is 9.51 Å². The van der Waals surface area contributed by atoms with E-state index in [1.165, 1.54) is 0 Å². The van der Waals surface area contributed by atoms with Crippen LogP contribution in [-0.2, 0) is 0 Å². The minimum Gasteiger partial charge on any atom is -0.339 e. The highest BCUT2D eigenvalue weighted by atomic mass is 16.5. The number of anilines is 1. The van der Waals surface area contributed by atoms with Gasteiger partial charge in [-0.25, -0.2) is 9.78 Å². The average molecular weight is 497 g/mol. The number of likely N-dealkylation sites (tertiary alicyclic amines) is 1. The Bertz CT molecular complexity index is 1370. The van der Waals surface area contributed by atoms with Gasteiger partial charge in [-0.15, -0.1) is 0 Å². The highest BCUT2D eigenvalue weighted by Crippen LogP contribution is 2.33. The fraction of sp³-hybridized carbons (Fsp3) is 0.379. The predicted molar refractivity (Wildman–Crippen MR) is 144 cm³/mol. The third-order valence-electron chi connectivity index (χ3n) is 7.64. The van der Waals surface area contributed by atoms with Crippen LogP contribution in [0.25, 0.3) is 22.2 Å². The molecule has 8 nitrogen and oxygen atoms in total. The van der Waals surface area contributed by atoms with Crippen molar-refractivity contribution in [2.24, 2.45) is 0 Å². The van der Waals surface area contributed by atoms with Gasteiger partial charge >= 0.3 is 6.03 Å². The lowest BCUT2D eigenvalue weighted by molar-refractivity contribution is 0.177. The molecule has 2 amide bonds. The summed E-state index contributed by atoms with van der Waals surface area (Å²) in [5.41, 5.74) is 2.08. The lowest BCUT2D eigenvalue weighted by Crippen LogP contribution is -2.55. The van der Waals surface area contributed by atoms with Gasteiger partial charge in [-0.3, -0.25) is 4.90 Å². The second-order valence-electron chi connectivity index (χ2n) is 10.0. The van der Waals surface area contributed by atoms with Gasteiger partial charge in [0, 0.05) is 42.7 Å². The zero-order valence-corrected chi connectivity index (χ0v) is 21.1. The number of carbonyl (C=O) groups excluding carboxylic acids is 1. The summed E-state index contributed by atoms with van der Waals surface area (Å²) >= 11 is 0. The molecule has 37 heavy (non-hydrogen) atoms. The zero-order valence-electron chi connectivity index (χ0n) is 21.1. The Morgan fingerprint density at radius 3 is 2.68 bits per heavy atom. The first kappa shape index (κ1) is 23.6. The Labute approximate surface area is 216 Å². The van der Waals surface area contributed by atoms with Crippen LogP contribution in [0.3, 0.4) is 0 Å². The van der Waals surface area contributed by atoms with E-state index in [2.05, 4.69) is 40.6 Å². The Kier molecular flexibility index (Phi) is 6.57. The van der Waals surface area contributed by atoms with Crippen LogP contribution in [0.5, 0.6) is 0 Å². The molecule has 2 aromatic heterocycles. The first-order valence-corrected chi connectivity index (χ1v) is 13.2. The van der Waals surface area contributed by atoms with Crippen molar-refractivity contribution in [3.8, 4) is 11.4 Å². The third kappa shape index (κ3) is 4.69. The van der Waals surface area contributed by atoms with Crippen LogP contribution >= 0.6 is 0 Å². The summed E-state index contributed by atoms with van der Waals surface area (Å²) < 4.78 is 5.63. The maximum absolute atomic E-state index is 14.1. The van der Waals surface area contributed by atoms with Crippen molar-refractivity contribution in [3.63, 3.8) is 0 Å². The highest BCUT2D eigenvalue weighted by Gasteiger charge is 2.35. The standard InChI is InChI=1S/C29H32N6O2/c1-20-7-5-10-21-12-16-31-27(25(20)21)35(24-11-6-15-30-19-24)29(36)34-17-13-23(14-18-34)28-32-26(33-37-28)22-8-3-2-4-9-22/h2-5,7-10,12,16,23-24,30H,6,11,13-15,17-19H2,1H3/t24-/m1/s1. The lowest BCUT2D eigenvalue weighted by Gasteiger charge is -2.39. The van der Waals surface area contributed by atoms with E-state index in [9.17, 15) is 4.79 Å². The Morgan fingerprint density at radius 1 is 1.05 bits per heavy atom. The Hall–Kier alpha value is -3.78. The van der Waals surface area contributed by atoms with Crippen LogP contribution in [0, 0.1) is 6.92 Å². The molecule has 1 atom stereocenters. The van der Waals surface area contributed by atoms with Gasteiger partial charge in [0.1, 0.15) is 5.82 Å². The summed E-state index contributed by atoms with van der Waals surface area (Å²) in [4.78, 5) is 27.5. The number of piperidine rings is 2. The smallest absolute Gasteiger partial charge is 0.325 e. The minimum absolute atomic E-state index is 0.0332. The number of nitrogens with zero attached hydrogens (tertiary/aromatic N) is 5. The SMILES string of the molecule is Cc1cccc2ccnc(N(C(=O)N3CCC(c4nc(-c5ccccc5)no4)CC3)[C@@H]3CCCNC3)c12. The molecule has 2 aliphatic rings. The normalized spacial score (nSPS) is 18.7. The largest absolute Gasteiger partial charge is 0.339 e. The molecule has 8 heteroatoms. The molecule has 0 saturated carbocycles. The highest BCUT2D eigenvalue weighted by molar-refractivity contribution is 6.03. The topological polar surface area (TPSA) is 87.4 Å². The predicted octanol–water partition coefficient (Wildman–Crippen LogP) is 5.15. The summed E-state index contributed by atoms with van der Waals surface area (Å²) in [6, 6.07) is 18.2. The van der Waals surface area contributed by atoms with Crippen molar-refractivity contribution >= 4 is 22.6 Å². The number of carbonyl (C=O) groups is 1. The van der Waals surface area contributed by atoms with Gasteiger partial charge in [0.2, 0.25) is 11.7 Å². The summed E-state index contributed by atoms with van der Waals surface area (Å²) in [6.45, 7) is 5.15. The lowest BCUT2D eigenvalue weighted by atomic mass is 9.96. The van der Waals surface area contributed by atoms with Gasteiger partial charge in [-0.05, 0) is 56.2 Å². The maximum Gasteiger partial charge on any atom is 0.325 e. The molecule has 0 unspecified atom stereocenters. The molecule has 1 N–H and O–H groups in total. The molecule has 0 spiro atoms. The fourth-order valence-corrected chi connectivity index (χ4v) is 5.62. The van der Waals surface area contributed by atoms with Crippen LogP contribution in [0.15, 0.2) is 65.3 Å². The van der Waals surface area contributed by atoms with Crippen LogP contribution in [0.2, 0.25) is 0 Å². The second kappa shape index (κ2) is 10.3. The number of fused-ring (bicyclic) bond motifs is 1. The molecule has 2 aliphatic heterocycles. The van der Waals surface area contributed by atoms with Gasteiger partial charge in [0.25, 0.3) is 0 Å². The van der Waals surface area contributed by atoms with Crippen LogP contribution < -0.4 is 10.2 Å². The number of rotatable bonds is 4. The number of benzene rings is 2. The number of aromatic nitrogens is 3. The molecule has 2 aromatic carbocycles.